The Kier molecular flexibility index (Phi) is 5.10. The summed E-state index contributed by atoms with van der Waals surface area (Å²) in [7, 11) is 1.52. The van der Waals surface area contributed by atoms with Crippen molar-refractivity contribution in [2.24, 2.45) is 0 Å². The molecule has 1 aliphatic rings. The number of pyridine rings is 1. The lowest BCUT2D eigenvalue weighted by Crippen LogP contribution is -2.16. The van der Waals surface area contributed by atoms with E-state index in [1.165, 1.54) is 13.2 Å². The third-order valence-corrected chi connectivity index (χ3v) is 4.40. The lowest BCUT2D eigenvalue weighted by atomic mass is 10.1. The highest BCUT2D eigenvalue weighted by Gasteiger charge is 2.35. The molecule has 0 bridgehead atoms. The van der Waals surface area contributed by atoms with E-state index in [9.17, 15) is 13.2 Å². The minimum Gasteiger partial charge on any atom is -0.486 e. The zero-order valence-corrected chi connectivity index (χ0v) is 15.5. The molecule has 10 heteroatoms. The van der Waals surface area contributed by atoms with Crippen LogP contribution in [0.25, 0.3) is 11.0 Å². The van der Waals surface area contributed by atoms with Gasteiger partial charge in [-0.2, -0.15) is 13.2 Å². The monoisotopic (exact) mass is 408 g/mol. The first-order chi connectivity index (χ1) is 14.0. The minimum atomic E-state index is -4.50. The molecule has 154 valence electrons. The van der Waals surface area contributed by atoms with Gasteiger partial charge < -0.3 is 29.8 Å². The van der Waals surface area contributed by atoms with Crippen molar-refractivity contribution in [1.82, 2.24) is 9.97 Å². The van der Waals surface area contributed by atoms with Crippen molar-refractivity contribution in [2.75, 3.05) is 44.1 Å². The maximum Gasteiger partial charge on any atom is 0.418 e. The average molecular weight is 408 g/mol. The molecule has 0 saturated carbocycles. The number of para-hydroxylation sites is 1. The van der Waals surface area contributed by atoms with Crippen LogP contribution in [0.1, 0.15) is 5.56 Å². The van der Waals surface area contributed by atoms with E-state index in [0.29, 0.717) is 55.1 Å². The van der Waals surface area contributed by atoms with Crippen LogP contribution in [0.2, 0.25) is 0 Å². The number of nitrogens with one attached hydrogen (secondary N) is 3. The van der Waals surface area contributed by atoms with Crippen molar-refractivity contribution in [3.63, 3.8) is 0 Å². The summed E-state index contributed by atoms with van der Waals surface area (Å²) in [4.78, 5) is 6.92. The predicted octanol–water partition coefficient (Wildman–Crippen LogP) is 4.15. The van der Waals surface area contributed by atoms with E-state index in [1.54, 1.807) is 18.2 Å². The number of methoxy groups -OCH3 is 1. The van der Waals surface area contributed by atoms with E-state index in [4.69, 9.17) is 14.2 Å². The third kappa shape index (κ3) is 3.88. The molecular formula is C19H19F3N4O3. The van der Waals surface area contributed by atoms with Crippen LogP contribution in [-0.2, 0) is 10.9 Å². The molecular weight excluding hydrogens is 389 g/mol. The number of rotatable bonds is 6. The number of benzene rings is 1. The second-order valence-electron chi connectivity index (χ2n) is 6.35. The van der Waals surface area contributed by atoms with Gasteiger partial charge in [-0.05, 0) is 12.1 Å². The number of anilines is 3. The molecule has 0 atom stereocenters. The Balaban J connectivity index is 1.74. The quantitative estimate of drug-likeness (QED) is 0.532. The molecule has 3 N–H and O–H groups in total. The van der Waals surface area contributed by atoms with Crippen LogP contribution in [0.4, 0.5) is 30.4 Å². The Labute approximate surface area is 164 Å². The molecule has 0 radical (unpaired) electrons. The number of hydrogen-bond donors (Lipinski definition) is 3. The van der Waals surface area contributed by atoms with E-state index in [-0.39, 0.29) is 11.0 Å². The van der Waals surface area contributed by atoms with Gasteiger partial charge in [0.05, 0.1) is 23.2 Å². The number of aromatic nitrogens is 2. The number of halogens is 3. The van der Waals surface area contributed by atoms with Crippen molar-refractivity contribution in [3.8, 4) is 11.5 Å². The smallest absolute Gasteiger partial charge is 0.418 e. The molecule has 1 aliphatic heterocycles. The summed E-state index contributed by atoms with van der Waals surface area (Å²) < 4.78 is 56.4. The predicted molar refractivity (Wildman–Crippen MR) is 102 cm³/mol. The molecule has 0 saturated heterocycles. The molecule has 29 heavy (non-hydrogen) atoms. The van der Waals surface area contributed by atoms with Crippen LogP contribution in [-0.4, -0.2) is 43.4 Å². The average Bonchev–Trinajstić information content (AvgIpc) is 3.13. The van der Waals surface area contributed by atoms with Gasteiger partial charge in [0.2, 0.25) is 0 Å². The van der Waals surface area contributed by atoms with Crippen LogP contribution < -0.4 is 20.1 Å². The molecule has 7 nitrogen and oxygen atoms in total. The van der Waals surface area contributed by atoms with Gasteiger partial charge in [-0.15, -0.1) is 0 Å². The lowest BCUT2D eigenvalue weighted by Gasteiger charge is -2.21. The number of H-pyrrole nitrogens is 1. The Hall–Kier alpha value is -3.14. The van der Waals surface area contributed by atoms with Gasteiger partial charge in [0.25, 0.3) is 0 Å². The maximum atomic E-state index is 13.4. The first-order valence-electron chi connectivity index (χ1n) is 8.95. The topological polar surface area (TPSA) is 80.4 Å². The largest absolute Gasteiger partial charge is 0.486 e. The Morgan fingerprint density at radius 2 is 2.03 bits per heavy atom. The van der Waals surface area contributed by atoms with Gasteiger partial charge in [-0.1, -0.05) is 6.07 Å². The van der Waals surface area contributed by atoms with Crippen molar-refractivity contribution in [3.05, 3.63) is 36.0 Å². The normalized spacial score (nSPS) is 13.5. The molecule has 3 heterocycles. The summed E-state index contributed by atoms with van der Waals surface area (Å²) in [5.74, 6) is 1.49. The summed E-state index contributed by atoms with van der Waals surface area (Å²) in [5.41, 5.74) is 0.245. The standard InChI is InChI=1S/C19H19F3N4O3/c1-27-6-5-23-13-9-15(26-18-16(13)11(10-24-18)19(20,21)22)25-12-3-2-4-14-17(12)29-8-7-28-14/h2-4,9-10H,5-8H2,1H3,(H3,23,24,25,26). The molecule has 0 fully saturated rings. The van der Waals surface area contributed by atoms with Crippen LogP contribution in [0.3, 0.4) is 0 Å². The summed E-state index contributed by atoms with van der Waals surface area (Å²) in [5, 5.41) is 6.09. The van der Waals surface area contributed by atoms with Gasteiger partial charge in [0.15, 0.2) is 11.5 Å². The van der Waals surface area contributed by atoms with Crippen LogP contribution >= 0.6 is 0 Å². The number of ether oxygens (including phenoxy) is 3. The highest BCUT2D eigenvalue weighted by atomic mass is 19.4. The van der Waals surface area contributed by atoms with Crippen LogP contribution in [0.15, 0.2) is 30.5 Å². The second kappa shape index (κ2) is 7.70. The van der Waals surface area contributed by atoms with Crippen molar-refractivity contribution in [2.45, 2.75) is 6.18 Å². The van der Waals surface area contributed by atoms with E-state index in [0.717, 1.165) is 6.20 Å². The fourth-order valence-electron chi connectivity index (χ4n) is 3.16. The minimum absolute atomic E-state index is 0.0196. The maximum absolute atomic E-state index is 13.4. The zero-order valence-electron chi connectivity index (χ0n) is 15.5. The Morgan fingerprint density at radius 3 is 2.83 bits per heavy atom. The van der Waals surface area contributed by atoms with Crippen molar-refractivity contribution < 1.29 is 27.4 Å². The summed E-state index contributed by atoms with van der Waals surface area (Å²) in [6.07, 6.45) is -3.58. The fourth-order valence-corrected chi connectivity index (χ4v) is 3.16. The van der Waals surface area contributed by atoms with Crippen LogP contribution in [0.5, 0.6) is 11.5 Å². The highest BCUT2D eigenvalue weighted by Crippen LogP contribution is 2.41. The van der Waals surface area contributed by atoms with Gasteiger partial charge >= 0.3 is 6.18 Å². The molecule has 0 aliphatic carbocycles. The highest BCUT2D eigenvalue weighted by molar-refractivity contribution is 5.95. The number of hydrogen-bond acceptors (Lipinski definition) is 6. The number of fused-ring (bicyclic) bond motifs is 2. The molecule has 0 amide bonds. The first-order valence-corrected chi connectivity index (χ1v) is 8.95. The number of nitrogens with zero attached hydrogens (tertiary/aromatic N) is 1. The lowest BCUT2D eigenvalue weighted by molar-refractivity contribution is -0.136. The van der Waals surface area contributed by atoms with Gasteiger partial charge in [-0.3, -0.25) is 0 Å². The first kappa shape index (κ1) is 19.2. The molecule has 0 unspecified atom stereocenters. The van der Waals surface area contributed by atoms with E-state index in [1.807, 2.05) is 0 Å². The third-order valence-electron chi connectivity index (χ3n) is 4.40. The number of aromatic amines is 1. The van der Waals surface area contributed by atoms with Gasteiger partial charge in [0, 0.05) is 31.6 Å². The van der Waals surface area contributed by atoms with Crippen LogP contribution in [0, 0.1) is 0 Å². The molecule has 3 aromatic rings. The molecule has 4 rings (SSSR count). The van der Waals surface area contributed by atoms with Crippen molar-refractivity contribution >= 4 is 28.2 Å². The van der Waals surface area contributed by atoms with Gasteiger partial charge in [0.1, 0.15) is 24.7 Å². The Bertz CT molecular complexity index is 1020. The summed E-state index contributed by atoms with van der Waals surface area (Å²) in [6, 6.07) is 6.90. The zero-order chi connectivity index (χ0) is 20.4. The Morgan fingerprint density at radius 1 is 1.21 bits per heavy atom. The number of alkyl halides is 3. The molecule has 0 spiro atoms. The summed E-state index contributed by atoms with van der Waals surface area (Å²) >= 11 is 0. The van der Waals surface area contributed by atoms with Crippen molar-refractivity contribution in [1.29, 1.82) is 0 Å². The van der Waals surface area contributed by atoms with E-state index < -0.39 is 11.7 Å². The SMILES string of the molecule is COCCNc1cc(Nc2cccc3c2OCCO3)nc2[nH]cc(C(F)(F)F)c12. The fraction of sp³-hybridized carbons (Fsp3) is 0.316. The molecule has 1 aromatic carbocycles. The van der Waals surface area contributed by atoms with E-state index >= 15 is 0 Å². The molecule has 2 aromatic heterocycles. The van der Waals surface area contributed by atoms with Gasteiger partial charge in [-0.25, -0.2) is 4.98 Å². The summed E-state index contributed by atoms with van der Waals surface area (Å²) in [6.45, 7) is 1.55. The van der Waals surface area contributed by atoms with E-state index in [2.05, 4.69) is 20.6 Å². The second-order valence-corrected chi connectivity index (χ2v) is 6.35.